The average Bonchev–Trinajstić information content (AvgIpc) is 1.73. The highest BCUT2D eigenvalue weighted by Gasteiger charge is 2.54. The van der Waals surface area contributed by atoms with E-state index in [-0.39, 0.29) is 167 Å². The van der Waals surface area contributed by atoms with Crippen LogP contribution < -0.4 is 38.1 Å². The second-order valence-corrected chi connectivity index (χ2v) is 29.6. The Kier molecular flexibility index (Phi) is 36.6. The molecule has 17 N–H and O–H groups in total. The number of aromatic carboxylic acids is 2. The molecule has 672 valence electrons. The van der Waals surface area contributed by atoms with E-state index in [1.807, 2.05) is 26.0 Å². The zero-order valence-corrected chi connectivity index (χ0v) is 70.5. The molecular weight excluding hydrogens is 1710 g/mol. The quantitative estimate of drug-likeness (QED) is 0.00238. The molecule has 9 aromatic rings. The predicted molar refractivity (Wildman–Crippen MR) is 457 cm³/mol. The van der Waals surface area contributed by atoms with Crippen molar-refractivity contribution in [3.05, 3.63) is 249 Å². The van der Waals surface area contributed by atoms with Gasteiger partial charge in [0.25, 0.3) is 0 Å². The Balaban J connectivity index is 0.000000250. The lowest BCUT2D eigenvalue weighted by Crippen LogP contribution is -2.40. The first-order valence-electron chi connectivity index (χ1n) is 38.2. The molecule has 2 aliphatic heterocycles. The van der Waals surface area contributed by atoms with E-state index < -0.39 is 76.8 Å². The van der Waals surface area contributed by atoms with Crippen LogP contribution >= 0.6 is 23.2 Å². The van der Waals surface area contributed by atoms with Crippen LogP contribution in [-0.2, 0) is 58.4 Å². The third kappa shape index (κ3) is 29.1. The Labute approximate surface area is 734 Å². The van der Waals surface area contributed by atoms with Crippen molar-refractivity contribution in [2.75, 3.05) is 55.1 Å². The van der Waals surface area contributed by atoms with Crippen molar-refractivity contribution in [1.82, 2.24) is 0 Å². The highest BCUT2D eigenvalue weighted by molar-refractivity contribution is 6.63. The summed E-state index contributed by atoms with van der Waals surface area (Å²) < 4.78 is 81.0. The zero-order chi connectivity index (χ0) is 94.5. The number of nitrogens with two attached hydrogens (primary N) is 5. The molecule has 0 radical (unpaired) electrons. The van der Waals surface area contributed by atoms with E-state index in [4.69, 9.17) is 85.4 Å². The second kappa shape index (κ2) is 46.0. The number of aromatic hydroxyl groups is 5. The van der Waals surface area contributed by atoms with Crippen LogP contribution in [0, 0.1) is 5.92 Å². The summed E-state index contributed by atoms with van der Waals surface area (Å²) in [6.45, 7) is 12.0. The monoisotopic (exact) mass is 1800 g/mol. The third-order valence-corrected chi connectivity index (χ3v) is 19.1. The van der Waals surface area contributed by atoms with Gasteiger partial charge < -0.3 is 102 Å². The van der Waals surface area contributed by atoms with Gasteiger partial charge in [0.15, 0.2) is 0 Å². The number of benzene rings is 9. The van der Waals surface area contributed by atoms with Crippen LogP contribution in [0.3, 0.4) is 0 Å². The molecule has 2 aliphatic rings. The van der Waals surface area contributed by atoms with Crippen molar-refractivity contribution in [2.45, 2.75) is 110 Å². The molecule has 32 nitrogen and oxygen atoms in total. The molecule has 0 atom stereocenters. The molecule has 37 heteroatoms. The number of carboxylic acid groups (broad SMARTS) is 2. The Bertz CT molecular complexity index is 5380. The zero-order valence-electron chi connectivity index (χ0n) is 69.0. The number of anilines is 5. The molecule has 0 fully saturated rings. The number of carbonyl (C=O) groups excluding carboxylic acids is 10. The second-order valence-electron chi connectivity index (χ2n) is 28.8. The molecule has 0 saturated carbocycles. The van der Waals surface area contributed by atoms with Crippen molar-refractivity contribution < 1.29 is 144 Å². The predicted octanol–water partition coefficient (Wildman–Crippen LogP) is 15.9. The lowest BCUT2D eigenvalue weighted by Gasteiger charge is -2.33. The van der Waals surface area contributed by atoms with E-state index in [2.05, 4.69) is 16.1 Å². The number of halogens is 5. The van der Waals surface area contributed by atoms with E-state index >= 15 is 0 Å². The van der Waals surface area contributed by atoms with E-state index in [9.17, 15) is 101 Å². The van der Waals surface area contributed by atoms with Gasteiger partial charge in [0.2, 0.25) is 10.5 Å². The number of rotatable bonds is 29. The number of esters is 8. The molecule has 0 aliphatic carbocycles. The normalized spacial score (nSPS) is 11.6. The number of cyclic esters (lactones) is 4. The number of hydrogen-bond donors (Lipinski definition) is 12. The van der Waals surface area contributed by atoms with Crippen LogP contribution in [-0.4, -0.2) is 139 Å². The number of carboxylic acids is 2. The van der Waals surface area contributed by atoms with Gasteiger partial charge in [-0.1, -0.05) is 84.2 Å². The first-order valence-corrected chi connectivity index (χ1v) is 39.0. The molecule has 0 unspecified atom stereocenters. The fourth-order valence-corrected chi connectivity index (χ4v) is 11.7. The first-order chi connectivity index (χ1) is 59.6. The van der Waals surface area contributed by atoms with Gasteiger partial charge in [-0.15, -0.1) is 0 Å². The van der Waals surface area contributed by atoms with Gasteiger partial charge in [-0.3, -0.25) is 14.4 Å². The molecule has 2 heterocycles. The summed E-state index contributed by atoms with van der Waals surface area (Å²) in [4.78, 5) is 138. The van der Waals surface area contributed by atoms with Crippen LogP contribution in [0.5, 0.6) is 51.7 Å². The molecule has 0 amide bonds. The maximum Gasteiger partial charge on any atom is 0.402 e. The van der Waals surface area contributed by atoms with Crippen molar-refractivity contribution in [2.24, 2.45) is 5.92 Å². The van der Waals surface area contributed by atoms with Gasteiger partial charge in [0.05, 0.1) is 73.2 Å². The first kappa shape index (κ1) is 101. The summed E-state index contributed by atoms with van der Waals surface area (Å²) in [5.41, 5.74) is 27.0. The van der Waals surface area contributed by atoms with E-state index in [0.29, 0.717) is 29.9 Å². The Hall–Kier alpha value is -14.9. The van der Waals surface area contributed by atoms with Crippen LogP contribution in [0.2, 0.25) is 0 Å². The maximum absolute atomic E-state index is 13.7. The highest BCUT2D eigenvalue weighted by Crippen LogP contribution is 2.48. The van der Waals surface area contributed by atoms with Gasteiger partial charge in [-0.25, -0.2) is 43.2 Å². The van der Waals surface area contributed by atoms with Crippen LogP contribution in [0.1, 0.15) is 198 Å². The third-order valence-electron chi connectivity index (χ3n) is 18.7. The molecule has 0 aromatic heterocycles. The van der Waals surface area contributed by atoms with E-state index in [1.165, 1.54) is 55.5 Å². The van der Waals surface area contributed by atoms with E-state index in [0.717, 1.165) is 117 Å². The summed E-state index contributed by atoms with van der Waals surface area (Å²) in [7, 11) is 0. The smallest absolute Gasteiger partial charge is 0.402 e. The number of ether oxygens (including phenoxy) is 8. The van der Waals surface area contributed by atoms with Gasteiger partial charge in [-0.2, -0.15) is 13.2 Å². The van der Waals surface area contributed by atoms with Gasteiger partial charge in [0, 0.05) is 29.5 Å². The minimum Gasteiger partial charge on any atom is -0.508 e. The Morgan fingerprint density at radius 3 is 1.13 bits per heavy atom. The molecular formula is C90H90Cl2F3N5O27. The van der Waals surface area contributed by atoms with Crippen molar-refractivity contribution in [3.63, 3.8) is 0 Å². The van der Waals surface area contributed by atoms with Crippen LogP contribution in [0.15, 0.2) is 182 Å². The van der Waals surface area contributed by atoms with Crippen molar-refractivity contribution in [3.8, 4) is 51.7 Å². The molecule has 9 aromatic carbocycles. The standard InChI is InChI=1S/C28H28O13.C16H6O7.C15H15F3N2O2.C15H18N2O2.C10H16Cl2O2.C6H7NO/c1-15(2)25(33)37-9-11-39-27(35)20-8-6-17(13-21(20)24(31)32)41-18-5-7-19(23(29)30)22(14-18)28(36)40-12-10-38-26(34)16(3)4;17-13-9-3-1-7(5-11(9)15(19)22-13)21-8-2-4-10-12(6-8)16(20)23-14(10)18;1-14(15(16,17)18,8-2-4-12(21)10(19)6-8)9-3-5-13(22)11(20)7-9;1-15(2,9-3-5-13(18)11(16)7-9)10-4-6-14(19)12(17)8-10;11-9(13)7-5-3-1-2-4-6-8-10(12)14;7-5-1-3-6(8)4-2-5/h5-8,13-14,16H,1,9-12H2,2-4H3,(H,29,30)(H,31,32);1-6H;2-7,21-22H,19-20H2,1H3;3-8,18-19H,16-17H2,1-2H3;1-8H2;1-4,8H,7H2. The lowest BCUT2D eigenvalue weighted by atomic mass is 9.75. The van der Waals surface area contributed by atoms with E-state index in [1.54, 1.807) is 62.4 Å². The van der Waals surface area contributed by atoms with Crippen molar-refractivity contribution in [1.29, 1.82) is 0 Å². The molecule has 127 heavy (non-hydrogen) atoms. The molecule has 0 spiro atoms. The lowest BCUT2D eigenvalue weighted by molar-refractivity contribution is -0.173. The van der Waals surface area contributed by atoms with Crippen molar-refractivity contribution >= 4 is 122 Å². The summed E-state index contributed by atoms with van der Waals surface area (Å²) in [5, 5.41) is 65.0. The van der Waals surface area contributed by atoms with Gasteiger partial charge in [0.1, 0.15) is 83.6 Å². The number of fused-ring (bicyclic) bond motifs is 2. The summed E-state index contributed by atoms with van der Waals surface area (Å²) >= 11 is 10.4. The Morgan fingerprint density at radius 2 is 0.756 bits per heavy atom. The summed E-state index contributed by atoms with van der Waals surface area (Å²) in [6, 6.07) is 38.8. The minimum absolute atomic E-state index is 0.0424. The fraction of sp³-hybridized carbons (Fsp3) is 0.244. The number of phenols is 5. The van der Waals surface area contributed by atoms with Gasteiger partial charge in [-0.05, 0) is 218 Å². The topological polar surface area (TPSA) is 550 Å². The van der Waals surface area contributed by atoms with Crippen LogP contribution in [0.4, 0.5) is 41.6 Å². The number of phenolic OH excluding ortho intramolecular Hbond substituents is 5. The largest absolute Gasteiger partial charge is 0.508 e. The number of alkyl halides is 3. The number of unbranched alkanes of at least 4 members (excludes halogenated alkanes) is 5. The fourth-order valence-electron chi connectivity index (χ4n) is 11.4. The maximum atomic E-state index is 13.7. The van der Waals surface area contributed by atoms with Crippen LogP contribution in [0.25, 0.3) is 0 Å². The summed E-state index contributed by atoms with van der Waals surface area (Å²) in [6.07, 6.45) is 2.32. The highest BCUT2D eigenvalue weighted by atomic mass is 35.5. The number of hydrogen-bond acceptors (Lipinski definition) is 30. The minimum atomic E-state index is -4.64. The SMILES string of the molecule is C=C(C)C(=O)OCCOC(=O)c1ccc(Oc2ccc(C(=O)O)c(C(=O)OCCOC(=O)C(C)C)c2)cc1C(=O)O.CC(C)(c1ccc(O)c(N)c1)c1ccc(O)c(N)c1.CC(c1ccc(O)c(N)c1)(c1ccc(O)c(N)c1)C(F)(F)F.Nc1ccc(O)cc1.O=C(Cl)CCCCCCCCC(=O)Cl.O=C1OC(=O)c2cc(Oc3ccc4c(c3)C(=O)OC4=O)ccc21. The summed E-state index contributed by atoms with van der Waals surface area (Å²) in [5.74, 6) is -9.04. The average molecular weight is 1800 g/mol. The number of nitrogen functional groups attached to an aromatic ring is 5. The Morgan fingerprint density at radius 1 is 0.417 bits per heavy atom. The molecule has 0 saturated heterocycles. The molecule has 11 rings (SSSR count). The number of carbonyl (C=O) groups is 12. The van der Waals surface area contributed by atoms with Gasteiger partial charge >= 0.3 is 65.9 Å². The molecule has 0 bridgehead atoms.